The molecule has 2 saturated heterocycles. The van der Waals surface area contributed by atoms with Crippen molar-refractivity contribution in [3.8, 4) is 16.9 Å². The second-order valence-electron chi connectivity index (χ2n) is 10.2. The molecule has 0 saturated carbocycles. The van der Waals surface area contributed by atoms with Gasteiger partial charge in [-0.1, -0.05) is 54.6 Å². The van der Waals surface area contributed by atoms with Gasteiger partial charge in [-0.3, -0.25) is 0 Å². The fourth-order valence-electron chi connectivity index (χ4n) is 6.58. The van der Waals surface area contributed by atoms with Crippen molar-refractivity contribution in [3.05, 3.63) is 89.2 Å². The van der Waals surface area contributed by atoms with E-state index in [-0.39, 0.29) is 36.5 Å². The summed E-state index contributed by atoms with van der Waals surface area (Å²) in [5, 5.41) is 11.6. The van der Waals surface area contributed by atoms with Gasteiger partial charge >= 0.3 is 6.09 Å². The van der Waals surface area contributed by atoms with E-state index in [2.05, 4.69) is 24.3 Å². The van der Waals surface area contributed by atoms with Crippen molar-refractivity contribution in [3.63, 3.8) is 0 Å². The van der Waals surface area contributed by atoms with Crippen LogP contribution < -0.4 is 4.74 Å². The van der Waals surface area contributed by atoms with Crippen LogP contribution in [0.4, 0.5) is 9.18 Å². The first kappa shape index (κ1) is 23.0. The molecular weight excluding hydrogens is 457 g/mol. The molecule has 36 heavy (non-hydrogen) atoms. The number of amides is 1. The topological polar surface area (TPSA) is 59.0 Å². The molecule has 1 amide bonds. The van der Waals surface area contributed by atoms with Crippen LogP contribution in [0.2, 0.25) is 0 Å². The summed E-state index contributed by atoms with van der Waals surface area (Å²) in [5.74, 6) is -0.333. The van der Waals surface area contributed by atoms with Crippen LogP contribution in [0.3, 0.4) is 0 Å². The first-order chi connectivity index (χ1) is 17.5. The quantitative estimate of drug-likeness (QED) is 0.491. The van der Waals surface area contributed by atoms with Crippen LogP contribution in [0.5, 0.6) is 5.75 Å². The Bertz CT molecular complexity index is 1250. The molecule has 6 heteroatoms. The number of hydrogen-bond acceptors (Lipinski definition) is 4. The van der Waals surface area contributed by atoms with Crippen LogP contribution in [0, 0.1) is 5.82 Å². The number of ether oxygens (including phenoxy) is 2. The van der Waals surface area contributed by atoms with Gasteiger partial charge in [0.1, 0.15) is 6.61 Å². The molecule has 3 aliphatic rings. The van der Waals surface area contributed by atoms with E-state index in [1.54, 1.807) is 12.1 Å². The lowest BCUT2D eigenvalue weighted by atomic mass is 9.72. The summed E-state index contributed by atoms with van der Waals surface area (Å²) in [6.07, 6.45) is 3.09. The fourth-order valence-corrected chi connectivity index (χ4v) is 6.58. The molecule has 2 bridgehead atoms. The number of methoxy groups -OCH3 is 1. The highest BCUT2D eigenvalue weighted by Crippen LogP contribution is 2.47. The molecule has 2 aliphatic heterocycles. The van der Waals surface area contributed by atoms with Crippen molar-refractivity contribution < 1.29 is 23.8 Å². The van der Waals surface area contributed by atoms with Crippen LogP contribution in [-0.4, -0.2) is 41.9 Å². The van der Waals surface area contributed by atoms with Crippen molar-refractivity contribution in [2.24, 2.45) is 0 Å². The minimum atomic E-state index is -1.14. The molecule has 1 N–H and O–H groups in total. The Balaban J connectivity index is 1.20. The second kappa shape index (κ2) is 8.93. The molecular formula is C30H30FNO4. The van der Waals surface area contributed by atoms with Crippen molar-refractivity contribution in [2.45, 2.75) is 55.7 Å². The van der Waals surface area contributed by atoms with Gasteiger partial charge in [-0.2, -0.15) is 0 Å². The minimum Gasteiger partial charge on any atom is -0.494 e. The molecule has 2 heterocycles. The van der Waals surface area contributed by atoms with Gasteiger partial charge in [-0.15, -0.1) is 0 Å². The maximum atomic E-state index is 14.0. The highest BCUT2D eigenvalue weighted by Gasteiger charge is 2.49. The highest BCUT2D eigenvalue weighted by molar-refractivity contribution is 5.79. The number of halogens is 1. The SMILES string of the molecule is COc1cc(C2(O)CC3CCCC(C2)N3C(=O)OCC2c3ccccc3-c3ccccc32)ccc1F. The Labute approximate surface area is 210 Å². The number of carbonyl (C=O) groups is 1. The van der Waals surface area contributed by atoms with Gasteiger partial charge in [-0.25, -0.2) is 9.18 Å². The number of hydrogen-bond donors (Lipinski definition) is 1. The molecule has 0 radical (unpaired) electrons. The normalized spacial score (nSPS) is 24.7. The number of benzene rings is 3. The summed E-state index contributed by atoms with van der Waals surface area (Å²) in [7, 11) is 1.42. The molecule has 0 aromatic heterocycles. The van der Waals surface area contributed by atoms with Crippen molar-refractivity contribution in [1.29, 1.82) is 0 Å². The molecule has 3 aromatic rings. The van der Waals surface area contributed by atoms with Gasteiger partial charge < -0.3 is 19.5 Å². The molecule has 3 aromatic carbocycles. The average Bonchev–Trinajstić information content (AvgIpc) is 3.20. The molecule has 2 unspecified atom stereocenters. The van der Waals surface area contributed by atoms with Gasteiger partial charge in [0.15, 0.2) is 11.6 Å². The van der Waals surface area contributed by atoms with Crippen LogP contribution in [-0.2, 0) is 10.3 Å². The predicted molar refractivity (Wildman–Crippen MR) is 134 cm³/mol. The average molecular weight is 488 g/mol. The summed E-state index contributed by atoms with van der Waals surface area (Å²) in [4.78, 5) is 15.3. The summed E-state index contributed by atoms with van der Waals surface area (Å²) < 4.78 is 25.1. The Hall–Kier alpha value is -3.38. The maximum Gasteiger partial charge on any atom is 0.410 e. The van der Waals surface area contributed by atoms with Crippen LogP contribution in [0.15, 0.2) is 66.7 Å². The first-order valence-electron chi connectivity index (χ1n) is 12.7. The summed E-state index contributed by atoms with van der Waals surface area (Å²) in [5.41, 5.74) is 4.25. The van der Waals surface area contributed by atoms with Crippen LogP contribution >= 0.6 is 0 Å². The van der Waals surface area contributed by atoms with Crippen molar-refractivity contribution >= 4 is 6.09 Å². The number of carbonyl (C=O) groups excluding carboxylic acids is 1. The third-order valence-corrected chi connectivity index (χ3v) is 8.24. The number of fused-ring (bicyclic) bond motifs is 5. The van der Waals surface area contributed by atoms with Gasteiger partial charge in [0.25, 0.3) is 0 Å². The van der Waals surface area contributed by atoms with Gasteiger partial charge in [0.2, 0.25) is 0 Å². The third kappa shape index (κ3) is 3.75. The third-order valence-electron chi connectivity index (χ3n) is 8.24. The predicted octanol–water partition coefficient (Wildman–Crippen LogP) is 5.99. The summed E-state index contributed by atoms with van der Waals surface area (Å²) in [6.45, 7) is 0.280. The molecule has 0 spiro atoms. The number of aliphatic hydroxyl groups is 1. The Morgan fingerprint density at radius 3 is 2.22 bits per heavy atom. The minimum absolute atomic E-state index is 0.00888. The van der Waals surface area contributed by atoms with Gasteiger partial charge in [0.05, 0.1) is 12.7 Å². The highest BCUT2D eigenvalue weighted by atomic mass is 19.1. The lowest BCUT2D eigenvalue weighted by Gasteiger charge is -2.51. The van der Waals surface area contributed by atoms with E-state index in [9.17, 15) is 14.3 Å². The van der Waals surface area contributed by atoms with Gasteiger partial charge in [-0.05, 0) is 59.2 Å². The molecule has 5 nitrogen and oxygen atoms in total. The van der Waals surface area contributed by atoms with E-state index in [0.717, 1.165) is 19.3 Å². The Kier molecular flexibility index (Phi) is 5.72. The van der Waals surface area contributed by atoms with Crippen LogP contribution in [0.25, 0.3) is 11.1 Å². The molecule has 2 atom stereocenters. The van der Waals surface area contributed by atoms with Crippen LogP contribution in [0.1, 0.15) is 54.7 Å². The monoisotopic (exact) mass is 487 g/mol. The lowest BCUT2D eigenvalue weighted by Crippen LogP contribution is -2.59. The fraction of sp³-hybridized carbons (Fsp3) is 0.367. The van der Waals surface area contributed by atoms with Crippen molar-refractivity contribution in [1.82, 2.24) is 4.90 Å². The number of nitrogens with zero attached hydrogens (tertiary/aromatic N) is 1. The Morgan fingerprint density at radius 2 is 1.61 bits per heavy atom. The number of rotatable bonds is 4. The number of piperidine rings is 2. The lowest BCUT2D eigenvalue weighted by molar-refractivity contribution is -0.0892. The van der Waals surface area contributed by atoms with E-state index in [4.69, 9.17) is 9.47 Å². The standard InChI is InChI=1S/C30H30FNO4/c1-35-28-15-19(13-14-27(28)31)30(34)16-20-7-6-8-21(17-30)32(20)29(33)36-18-26-24-11-4-2-9-22(24)23-10-3-5-12-25(23)26/h2-5,9-15,20-21,26,34H,6-8,16-18H2,1H3. The molecule has 6 rings (SSSR count). The zero-order valence-corrected chi connectivity index (χ0v) is 20.3. The van der Waals surface area contributed by atoms with Gasteiger partial charge in [0, 0.05) is 30.8 Å². The van der Waals surface area contributed by atoms with E-state index < -0.39 is 11.4 Å². The van der Waals surface area contributed by atoms with Crippen molar-refractivity contribution in [2.75, 3.05) is 13.7 Å². The van der Waals surface area contributed by atoms with E-state index >= 15 is 0 Å². The zero-order chi connectivity index (χ0) is 24.9. The largest absolute Gasteiger partial charge is 0.494 e. The maximum absolute atomic E-state index is 14.0. The Morgan fingerprint density at radius 1 is 1.00 bits per heavy atom. The second-order valence-corrected chi connectivity index (χ2v) is 10.2. The molecule has 2 fully saturated rings. The molecule has 1 aliphatic carbocycles. The molecule has 186 valence electrons. The summed E-state index contributed by atoms with van der Waals surface area (Å²) >= 11 is 0. The smallest absolute Gasteiger partial charge is 0.410 e. The van der Waals surface area contributed by atoms with E-state index in [0.29, 0.717) is 18.4 Å². The van der Waals surface area contributed by atoms with E-state index in [1.165, 1.54) is 35.4 Å². The zero-order valence-electron chi connectivity index (χ0n) is 20.3. The van der Waals surface area contributed by atoms with E-state index in [1.807, 2.05) is 29.2 Å². The first-order valence-corrected chi connectivity index (χ1v) is 12.7. The summed E-state index contributed by atoms with van der Waals surface area (Å²) in [6, 6.07) is 20.9.